The molecule has 1 heterocycles. The monoisotopic (exact) mass is 146 g/mol. The Kier molecular flexibility index (Phi) is 2.02. The van der Waals surface area contributed by atoms with Crippen LogP contribution < -0.4 is 0 Å². The molecule has 8 heavy (non-hydrogen) atoms. The van der Waals surface area contributed by atoms with Crippen LogP contribution in [0.1, 0.15) is 0 Å². The largest absolute Gasteiger partial charge is 0.282 e. The van der Waals surface area contributed by atoms with E-state index >= 15 is 0 Å². The second-order valence-electron chi connectivity index (χ2n) is 1.40. The van der Waals surface area contributed by atoms with Gasteiger partial charge in [0, 0.05) is 0 Å². The normalized spacial score (nSPS) is 27.1. The molecule has 44 valence electrons. The van der Waals surface area contributed by atoms with Crippen LogP contribution in [0.2, 0.25) is 0 Å². The standard InChI is InChI=1S/C5H6OS2/c1-7-5-3-2-4(6)8-5/h2-3,5H,1H3. The van der Waals surface area contributed by atoms with E-state index in [-0.39, 0.29) is 5.12 Å². The Balaban J connectivity index is 2.46. The zero-order valence-corrected chi connectivity index (χ0v) is 6.09. The van der Waals surface area contributed by atoms with Crippen LogP contribution in [-0.2, 0) is 4.79 Å². The minimum Gasteiger partial charge on any atom is -0.282 e. The summed E-state index contributed by atoms with van der Waals surface area (Å²) in [6, 6.07) is 0. The van der Waals surface area contributed by atoms with E-state index in [9.17, 15) is 4.79 Å². The molecule has 0 bridgehead atoms. The van der Waals surface area contributed by atoms with Crippen LogP contribution in [0.4, 0.5) is 0 Å². The van der Waals surface area contributed by atoms with Crippen LogP contribution in [0.15, 0.2) is 12.2 Å². The number of carbonyl (C=O) groups excluding carboxylic acids is 1. The van der Waals surface area contributed by atoms with E-state index in [1.165, 1.54) is 11.8 Å². The molecule has 0 aromatic carbocycles. The molecule has 0 saturated heterocycles. The molecule has 1 rings (SSSR count). The molecule has 0 radical (unpaired) electrons. The molecule has 0 amide bonds. The summed E-state index contributed by atoms with van der Waals surface area (Å²) < 4.78 is 0.377. The quantitative estimate of drug-likeness (QED) is 0.558. The lowest BCUT2D eigenvalue weighted by atomic mass is 10.6. The fourth-order valence-corrected chi connectivity index (χ4v) is 1.93. The molecular formula is C5H6OS2. The third-order valence-electron chi connectivity index (χ3n) is 0.854. The highest BCUT2D eigenvalue weighted by Crippen LogP contribution is 2.28. The van der Waals surface area contributed by atoms with Gasteiger partial charge in [0.2, 0.25) is 5.12 Å². The van der Waals surface area contributed by atoms with Gasteiger partial charge < -0.3 is 0 Å². The van der Waals surface area contributed by atoms with E-state index in [4.69, 9.17) is 0 Å². The van der Waals surface area contributed by atoms with Crippen molar-refractivity contribution in [3.63, 3.8) is 0 Å². The lowest BCUT2D eigenvalue weighted by Gasteiger charge is -1.96. The second-order valence-corrected chi connectivity index (χ2v) is 3.82. The van der Waals surface area contributed by atoms with E-state index < -0.39 is 0 Å². The zero-order chi connectivity index (χ0) is 5.98. The maximum Gasteiger partial charge on any atom is 0.213 e. The number of hydrogen-bond acceptors (Lipinski definition) is 3. The van der Waals surface area contributed by atoms with Gasteiger partial charge in [-0.15, -0.1) is 11.8 Å². The Morgan fingerprint density at radius 1 is 1.88 bits per heavy atom. The van der Waals surface area contributed by atoms with Crippen molar-refractivity contribution in [1.29, 1.82) is 0 Å². The summed E-state index contributed by atoms with van der Waals surface area (Å²) in [4.78, 5) is 10.5. The summed E-state index contributed by atoms with van der Waals surface area (Å²) in [7, 11) is 0. The first-order valence-corrected chi connectivity index (χ1v) is 4.41. The van der Waals surface area contributed by atoms with E-state index in [0.717, 1.165) is 0 Å². The number of hydrogen-bond donors (Lipinski definition) is 0. The van der Waals surface area contributed by atoms with Crippen LogP contribution in [0.5, 0.6) is 0 Å². The van der Waals surface area contributed by atoms with E-state index in [1.807, 2.05) is 12.3 Å². The van der Waals surface area contributed by atoms with Crippen LogP contribution in [0, 0.1) is 0 Å². The Morgan fingerprint density at radius 2 is 2.62 bits per heavy atom. The molecule has 0 aromatic heterocycles. The van der Waals surface area contributed by atoms with E-state index in [2.05, 4.69) is 0 Å². The molecule has 3 heteroatoms. The van der Waals surface area contributed by atoms with Gasteiger partial charge in [-0.05, 0) is 12.3 Å². The Labute approximate surface area is 56.9 Å². The molecule has 1 aliphatic heterocycles. The van der Waals surface area contributed by atoms with E-state index in [1.54, 1.807) is 17.8 Å². The van der Waals surface area contributed by atoms with Crippen molar-refractivity contribution >= 4 is 28.6 Å². The van der Waals surface area contributed by atoms with Gasteiger partial charge in [0.1, 0.15) is 0 Å². The maximum absolute atomic E-state index is 10.5. The van der Waals surface area contributed by atoms with Crippen molar-refractivity contribution in [3.8, 4) is 0 Å². The molecule has 0 N–H and O–H groups in total. The van der Waals surface area contributed by atoms with Crippen LogP contribution >= 0.6 is 23.5 Å². The smallest absolute Gasteiger partial charge is 0.213 e. The molecule has 1 atom stereocenters. The Hall–Kier alpha value is 0.110. The minimum atomic E-state index is 0.185. The highest BCUT2D eigenvalue weighted by Gasteiger charge is 2.13. The zero-order valence-electron chi connectivity index (χ0n) is 4.46. The van der Waals surface area contributed by atoms with E-state index in [0.29, 0.717) is 4.58 Å². The van der Waals surface area contributed by atoms with Crippen molar-refractivity contribution in [2.45, 2.75) is 4.58 Å². The van der Waals surface area contributed by atoms with Crippen LogP contribution in [0.3, 0.4) is 0 Å². The predicted octanol–water partition coefficient (Wildman–Crippen LogP) is 1.51. The second kappa shape index (κ2) is 2.60. The van der Waals surface area contributed by atoms with Gasteiger partial charge in [0.05, 0.1) is 4.58 Å². The van der Waals surface area contributed by atoms with Crippen molar-refractivity contribution in [2.24, 2.45) is 0 Å². The van der Waals surface area contributed by atoms with Gasteiger partial charge in [-0.25, -0.2) is 0 Å². The van der Waals surface area contributed by atoms with Gasteiger partial charge in [0.25, 0.3) is 0 Å². The van der Waals surface area contributed by atoms with Crippen molar-refractivity contribution in [1.82, 2.24) is 0 Å². The van der Waals surface area contributed by atoms with Gasteiger partial charge in [-0.2, -0.15) is 0 Å². The van der Waals surface area contributed by atoms with Gasteiger partial charge in [0.15, 0.2) is 0 Å². The van der Waals surface area contributed by atoms with Gasteiger partial charge in [-0.3, -0.25) is 4.79 Å². The molecule has 0 saturated carbocycles. The molecule has 0 aliphatic carbocycles. The summed E-state index contributed by atoms with van der Waals surface area (Å²) in [5.74, 6) is 0. The van der Waals surface area contributed by atoms with Crippen molar-refractivity contribution < 1.29 is 4.79 Å². The highest BCUT2D eigenvalue weighted by molar-refractivity contribution is 8.25. The Bertz CT molecular complexity index is 130. The van der Waals surface area contributed by atoms with Gasteiger partial charge in [-0.1, -0.05) is 17.8 Å². The van der Waals surface area contributed by atoms with Crippen LogP contribution in [-0.4, -0.2) is 16.0 Å². The first-order valence-electron chi connectivity index (χ1n) is 2.24. The molecule has 1 unspecified atom stereocenters. The van der Waals surface area contributed by atoms with Crippen molar-refractivity contribution in [2.75, 3.05) is 6.26 Å². The third kappa shape index (κ3) is 1.29. The number of thioether (sulfide) groups is 2. The maximum atomic E-state index is 10.5. The average molecular weight is 146 g/mol. The molecule has 0 aromatic rings. The topological polar surface area (TPSA) is 17.1 Å². The lowest BCUT2D eigenvalue weighted by molar-refractivity contribution is -0.106. The molecular weight excluding hydrogens is 140 g/mol. The highest BCUT2D eigenvalue weighted by atomic mass is 32.2. The van der Waals surface area contributed by atoms with Gasteiger partial charge >= 0.3 is 0 Å². The summed E-state index contributed by atoms with van der Waals surface area (Å²) in [5, 5.41) is 0.185. The SMILES string of the molecule is CSC1C=CC(=O)S1. The molecule has 0 fully saturated rings. The Morgan fingerprint density at radius 3 is 2.88 bits per heavy atom. The lowest BCUT2D eigenvalue weighted by Crippen LogP contribution is -1.84. The fourth-order valence-electron chi connectivity index (χ4n) is 0.477. The number of rotatable bonds is 1. The van der Waals surface area contributed by atoms with Crippen LogP contribution in [0.25, 0.3) is 0 Å². The summed E-state index contributed by atoms with van der Waals surface area (Å²) in [6.07, 6.45) is 5.56. The first kappa shape index (κ1) is 6.23. The average Bonchev–Trinajstić information content (AvgIpc) is 2.14. The number of carbonyl (C=O) groups is 1. The molecule has 1 aliphatic rings. The predicted molar refractivity (Wildman–Crippen MR) is 39.0 cm³/mol. The summed E-state index contributed by atoms with van der Waals surface area (Å²) >= 11 is 3.07. The third-order valence-corrected chi connectivity index (χ3v) is 3.10. The fraction of sp³-hybridized carbons (Fsp3) is 0.400. The van der Waals surface area contributed by atoms with Crippen molar-refractivity contribution in [3.05, 3.63) is 12.2 Å². The summed E-state index contributed by atoms with van der Waals surface area (Å²) in [6.45, 7) is 0. The minimum absolute atomic E-state index is 0.185. The summed E-state index contributed by atoms with van der Waals surface area (Å²) in [5.41, 5.74) is 0. The first-order chi connectivity index (χ1) is 3.83. The molecule has 0 spiro atoms. The molecule has 1 nitrogen and oxygen atoms in total.